The number of hydrogen-bond donors (Lipinski definition) is 5. The van der Waals surface area contributed by atoms with Gasteiger partial charge in [0.05, 0.1) is 24.4 Å². The SMILES string of the molecule is O=C(CCCCCCC(=O)NCc1cccc(-c2cccc([C@@H]3O[C@H](CSc4ccccc4C(=O)O)C[C@H](c4ccc(CO)cc4)O3)c2)c1)NO. The van der Waals surface area contributed by atoms with Crippen LogP contribution in [-0.2, 0) is 32.2 Å². The monoisotopic (exact) mass is 712 g/mol. The third-order valence-corrected chi connectivity index (χ3v) is 9.95. The van der Waals surface area contributed by atoms with Gasteiger partial charge in [-0.05, 0) is 64.9 Å². The van der Waals surface area contributed by atoms with Crippen molar-refractivity contribution in [1.82, 2.24) is 10.8 Å². The maximum absolute atomic E-state index is 12.5. The number of carbonyl (C=O) groups excluding carboxylic acids is 2. The number of aliphatic hydroxyl groups is 1. The Hall–Kier alpha value is -4.52. The molecule has 5 N–H and O–H groups in total. The van der Waals surface area contributed by atoms with Crippen LogP contribution in [0.1, 0.15) is 90.0 Å². The summed E-state index contributed by atoms with van der Waals surface area (Å²) in [6, 6.07) is 30.7. The number of carboxylic acids is 1. The molecular weight excluding hydrogens is 669 g/mol. The number of carbonyl (C=O) groups is 3. The molecule has 1 aliphatic rings. The number of thioether (sulfide) groups is 1. The molecular formula is C40H44N2O8S. The zero-order chi connectivity index (χ0) is 36.0. The number of rotatable bonds is 17. The quantitative estimate of drug-likeness (QED) is 0.0327. The number of aromatic carboxylic acids is 1. The van der Waals surface area contributed by atoms with E-state index in [0.717, 1.165) is 52.6 Å². The van der Waals surface area contributed by atoms with E-state index in [4.69, 9.17) is 14.7 Å². The van der Waals surface area contributed by atoms with Crippen LogP contribution >= 0.6 is 11.8 Å². The van der Waals surface area contributed by atoms with Crippen molar-refractivity contribution in [3.63, 3.8) is 0 Å². The second-order valence-electron chi connectivity index (χ2n) is 12.5. The van der Waals surface area contributed by atoms with Gasteiger partial charge in [-0.3, -0.25) is 14.8 Å². The van der Waals surface area contributed by atoms with Crippen LogP contribution in [0.3, 0.4) is 0 Å². The number of ether oxygens (including phenoxy) is 2. The van der Waals surface area contributed by atoms with E-state index in [0.29, 0.717) is 36.5 Å². The fraction of sp³-hybridized carbons (Fsp3) is 0.325. The summed E-state index contributed by atoms with van der Waals surface area (Å²) in [5.74, 6) is -0.854. The van der Waals surface area contributed by atoms with Gasteiger partial charge < -0.3 is 25.0 Å². The third-order valence-electron chi connectivity index (χ3n) is 8.75. The molecule has 268 valence electrons. The highest BCUT2D eigenvalue weighted by atomic mass is 32.2. The van der Waals surface area contributed by atoms with Crippen LogP contribution in [0.5, 0.6) is 0 Å². The van der Waals surface area contributed by atoms with Crippen molar-refractivity contribution in [3.05, 3.63) is 125 Å². The lowest BCUT2D eigenvalue weighted by molar-refractivity contribution is -0.245. The highest BCUT2D eigenvalue weighted by Gasteiger charge is 2.32. The summed E-state index contributed by atoms with van der Waals surface area (Å²) in [6.07, 6.45) is 3.13. The van der Waals surface area contributed by atoms with E-state index in [1.54, 1.807) is 17.6 Å². The van der Waals surface area contributed by atoms with Gasteiger partial charge in [0.25, 0.3) is 0 Å². The molecule has 5 rings (SSSR count). The molecule has 51 heavy (non-hydrogen) atoms. The molecule has 2 amide bonds. The van der Waals surface area contributed by atoms with Crippen molar-refractivity contribution in [1.29, 1.82) is 0 Å². The molecule has 0 saturated carbocycles. The summed E-state index contributed by atoms with van der Waals surface area (Å²) in [6.45, 7) is 0.357. The number of nitrogens with one attached hydrogen (secondary N) is 2. The molecule has 10 nitrogen and oxygen atoms in total. The van der Waals surface area contributed by atoms with Gasteiger partial charge in [-0.1, -0.05) is 85.6 Å². The van der Waals surface area contributed by atoms with Gasteiger partial charge in [-0.15, -0.1) is 11.8 Å². The van der Waals surface area contributed by atoms with E-state index in [1.807, 2.05) is 78.9 Å². The topological polar surface area (TPSA) is 154 Å². The Balaban J connectivity index is 1.24. The van der Waals surface area contributed by atoms with Gasteiger partial charge in [0.15, 0.2) is 6.29 Å². The largest absolute Gasteiger partial charge is 0.478 e. The average Bonchev–Trinajstić information content (AvgIpc) is 3.17. The second kappa shape index (κ2) is 19.2. The Morgan fingerprint density at radius 1 is 0.745 bits per heavy atom. The minimum atomic E-state index is -0.968. The zero-order valence-corrected chi connectivity index (χ0v) is 29.1. The molecule has 0 spiro atoms. The van der Waals surface area contributed by atoms with E-state index in [2.05, 4.69) is 11.4 Å². The number of benzene rings is 4. The van der Waals surface area contributed by atoms with Crippen molar-refractivity contribution in [2.45, 2.75) is 81.5 Å². The van der Waals surface area contributed by atoms with Crippen LogP contribution in [0.25, 0.3) is 11.1 Å². The fourth-order valence-electron chi connectivity index (χ4n) is 5.97. The van der Waals surface area contributed by atoms with E-state index in [9.17, 15) is 24.6 Å². The summed E-state index contributed by atoms with van der Waals surface area (Å²) in [4.78, 5) is 36.1. The lowest BCUT2D eigenvalue weighted by Gasteiger charge is -2.36. The first-order valence-electron chi connectivity index (χ1n) is 17.2. The minimum absolute atomic E-state index is 0.0261. The lowest BCUT2D eigenvalue weighted by atomic mass is 9.99. The summed E-state index contributed by atoms with van der Waals surface area (Å²) in [5.41, 5.74) is 7.45. The predicted molar refractivity (Wildman–Crippen MR) is 194 cm³/mol. The molecule has 0 unspecified atom stereocenters. The number of aliphatic hydroxyl groups excluding tert-OH is 1. The van der Waals surface area contributed by atoms with Crippen LogP contribution in [0.2, 0.25) is 0 Å². The van der Waals surface area contributed by atoms with E-state index >= 15 is 0 Å². The van der Waals surface area contributed by atoms with E-state index < -0.39 is 18.2 Å². The Bertz CT molecular complexity index is 1770. The number of amides is 2. The molecule has 0 radical (unpaired) electrons. The standard InChI is InChI=1S/C40H44N2O8S/c43-25-27-17-19-29(20-18-27)35-23-33(26-51-36-14-6-5-13-34(36)39(46)47)49-40(50-35)32-12-8-11-31(22-32)30-10-7-9-28(21-30)24-41-37(44)15-3-1-2-4-16-38(45)42-48/h5-14,17-22,33,35,40,43,48H,1-4,15-16,23-26H2,(H,41,44)(H,42,45)(H,46,47)/t33-,35+,40+/m0/s1. The van der Waals surface area contributed by atoms with Crippen LogP contribution in [0, 0.1) is 0 Å². The van der Waals surface area contributed by atoms with Crippen LogP contribution < -0.4 is 10.8 Å². The van der Waals surface area contributed by atoms with Gasteiger partial charge in [0.1, 0.15) is 0 Å². The molecule has 1 saturated heterocycles. The van der Waals surface area contributed by atoms with Gasteiger partial charge >= 0.3 is 5.97 Å². The maximum atomic E-state index is 12.5. The van der Waals surface area contributed by atoms with Crippen molar-refractivity contribution in [2.75, 3.05) is 5.75 Å². The number of carboxylic acid groups (broad SMARTS) is 1. The Labute approximate surface area is 302 Å². The van der Waals surface area contributed by atoms with Crippen LogP contribution in [0.4, 0.5) is 0 Å². The molecule has 0 bridgehead atoms. The molecule has 0 aromatic heterocycles. The number of unbranched alkanes of at least 4 members (excludes halogenated alkanes) is 3. The van der Waals surface area contributed by atoms with Crippen molar-refractivity contribution < 1.29 is 39.3 Å². The highest BCUT2D eigenvalue weighted by Crippen LogP contribution is 2.40. The molecule has 11 heteroatoms. The summed E-state index contributed by atoms with van der Waals surface area (Å²) < 4.78 is 13.1. The predicted octanol–water partition coefficient (Wildman–Crippen LogP) is 7.34. The normalized spacial score (nSPS) is 17.1. The smallest absolute Gasteiger partial charge is 0.336 e. The number of hydrogen-bond acceptors (Lipinski definition) is 8. The first-order valence-corrected chi connectivity index (χ1v) is 18.2. The first kappa shape index (κ1) is 37.7. The Kier molecular flexibility index (Phi) is 14.2. The highest BCUT2D eigenvalue weighted by molar-refractivity contribution is 7.99. The average molecular weight is 713 g/mol. The van der Waals surface area contributed by atoms with E-state index in [-0.39, 0.29) is 36.7 Å². The van der Waals surface area contributed by atoms with Crippen molar-refractivity contribution in [3.8, 4) is 11.1 Å². The first-order chi connectivity index (χ1) is 24.8. The van der Waals surface area contributed by atoms with Crippen molar-refractivity contribution in [2.24, 2.45) is 0 Å². The minimum Gasteiger partial charge on any atom is -0.478 e. The third kappa shape index (κ3) is 11.2. The summed E-state index contributed by atoms with van der Waals surface area (Å²) in [7, 11) is 0. The second-order valence-corrected chi connectivity index (χ2v) is 13.6. The molecule has 3 atom stereocenters. The van der Waals surface area contributed by atoms with Gasteiger partial charge in [0, 0.05) is 42.0 Å². The van der Waals surface area contributed by atoms with Gasteiger partial charge in [-0.25, -0.2) is 10.3 Å². The molecule has 4 aromatic carbocycles. The molecule has 0 aliphatic carbocycles. The van der Waals surface area contributed by atoms with E-state index in [1.165, 1.54) is 11.8 Å². The lowest BCUT2D eigenvalue weighted by Crippen LogP contribution is -2.31. The fourth-order valence-corrected chi connectivity index (χ4v) is 7.04. The van der Waals surface area contributed by atoms with Crippen molar-refractivity contribution >= 4 is 29.5 Å². The molecule has 4 aromatic rings. The Morgan fingerprint density at radius 2 is 1.45 bits per heavy atom. The van der Waals surface area contributed by atoms with Gasteiger partial charge in [-0.2, -0.15) is 0 Å². The molecule has 1 aliphatic heterocycles. The maximum Gasteiger partial charge on any atom is 0.336 e. The zero-order valence-electron chi connectivity index (χ0n) is 28.3. The Morgan fingerprint density at radius 3 is 2.18 bits per heavy atom. The van der Waals surface area contributed by atoms with Gasteiger partial charge in [0.2, 0.25) is 11.8 Å². The van der Waals surface area contributed by atoms with Crippen LogP contribution in [-0.4, -0.2) is 45.1 Å². The summed E-state index contributed by atoms with van der Waals surface area (Å²) >= 11 is 1.45. The summed E-state index contributed by atoms with van der Waals surface area (Å²) in [5, 5.41) is 30.8. The number of hydroxylamine groups is 1. The van der Waals surface area contributed by atoms with Crippen LogP contribution in [0.15, 0.2) is 102 Å². The molecule has 1 heterocycles. The molecule has 1 fully saturated rings.